The summed E-state index contributed by atoms with van der Waals surface area (Å²) in [5, 5.41) is 9.30. The highest BCUT2D eigenvalue weighted by molar-refractivity contribution is 5.78. The second-order valence-electron chi connectivity index (χ2n) is 3.00. The molecule has 0 fully saturated rings. The van der Waals surface area contributed by atoms with Gasteiger partial charge >= 0.3 is 0 Å². The Hall–Kier alpha value is -0.570. The number of carbonyl (C=O) groups is 1. The van der Waals surface area contributed by atoms with Gasteiger partial charge in [-0.05, 0) is 6.42 Å². The summed E-state index contributed by atoms with van der Waals surface area (Å²) in [6.45, 7) is 3.61. The zero-order chi connectivity index (χ0) is 9.02. The molecule has 0 aliphatic rings. The number of nitrogens with zero attached hydrogens (tertiary/aromatic N) is 1. The van der Waals surface area contributed by atoms with Crippen molar-refractivity contribution >= 4 is 5.91 Å². The van der Waals surface area contributed by atoms with E-state index in [1.807, 2.05) is 6.92 Å². The molecule has 2 atom stereocenters. The van der Waals surface area contributed by atoms with E-state index in [9.17, 15) is 9.90 Å². The zero-order valence-corrected chi connectivity index (χ0v) is 7.66. The van der Waals surface area contributed by atoms with Crippen LogP contribution in [0.2, 0.25) is 0 Å². The zero-order valence-electron chi connectivity index (χ0n) is 7.66. The minimum atomic E-state index is -0.509. The summed E-state index contributed by atoms with van der Waals surface area (Å²) in [5.74, 6) is -0.297. The van der Waals surface area contributed by atoms with Crippen molar-refractivity contribution in [2.45, 2.75) is 26.4 Å². The molecule has 66 valence electrons. The van der Waals surface area contributed by atoms with E-state index in [1.54, 1.807) is 21.0 Å². The van der Waals surface area contributed by atoms with E-state index in [2.05, 4.69) is 0 Å². The Morgan fingerprint density at radius 2 is 2.00 bits per heavy atom. The minimum Gasteiger partial charge on any atom is -0.392 e. The van der Waals surface area contributed by atoms with Crippen LogP contribution < -0.4 is 0 Å². The van der Waals surface area contributed by atoms with Crippen LogP contribution in [0.15, 0.2) is 0 Å². The first-order valence-electron chi connectivity index (χ1n) is 3.90. The lowest BCUT2D eigenvalue weighted by atomic mass is 10.0. The molecule has 0 aromatic heterocycles. The Bertz CT molecular complexity index is 134. The van der Waals surface area contributed by atoms with Crippen molar-refractivity contribution in [1.82, 2.24) is 4.90 Å². The van der Waals surface area contributed by atoms with E-state index in [-0.39, 0.29) is 11.8 Å². The smallest absolute Gasteiger partial charge is 0.227 e. The van der Waals surface area contributed by atoms with Gasteiger partial charge in [0.25, 0.3) is 0 Å². The highest BCUT2D eigenvalue weighted by atomic mass is 16.3. The van der Waals surface area contributed by atoms with Crippen molar-refractivity contribution in [2.75, 3.05) is 14.1 Å². The van der Waals surface area contributed by atoms with E-state index < -0.39 is 6.10 Å². The number of aliphatic hydroxyl groups excluding tert-OH is 1. The number of aliphatic hydroxyl groups is 1. The third-order valence-corrected chi connectivity index (χ3v) is 1.83. The molecule has 0 bridgehead atoms. The van der Waals surface area contributed by atoms with Crippen LogP contribution in [0.25, 0.3) is 0 Å². The van der Waals surface area contributed by atoms with Gasteiger partial charge < -0.3 is 10.0 Å². The molecule has 3 heteroatoms. The molecule has 0 heterocycles. The molecule has 0 aromatic carbocycles. The SMILES string of the molecule is CC[C@@H](O)[C@H](C)C(=O)N(C)C. The summed E-state index contributed by atoms with van der Waals surface area (Å²) in [6, 6.07) is 0. The van der Waals surface area contributed by atoms with Crippen molar-refractivity contribution in [2.24, 2.45) is 5.92 Å². The van der Waals surface area contributed by atoms with Gasteiger partial charge in [-0.3, -0.25) is 4.79 Å². The van der Waals surface area contributed by atoms with Crippen molar-refractivity contribution in [3.63, 3.8) is 0 Å². The molecule has 0 unspecified atom stereocenters. The molecule has 0 saturated carbocycles. The van der Waals surface area contributed by atoms with Gasteiger partial charge in [0.05, 0.1) is 12.0 Å². The maximum absolute atomic E-state index is 11.2. The lowest BCUT2D eigenvalue weighted by molar-refractivity contribution is -0.135. The summed E-state index contributed by atoms with van der Waals surface area (Å²) < 4.78 is 0. The first kappa shape index (κ1) is 10.4. The second-order valence-corrected chi connectivity index (χ2v) is 3.00. The van der Waals surface area contributed by atoms with Gasteiger partial charge in [0, 0.05) is 14.1 Å². The number of hydrogen-bond acceptors (Lipinski definition) is 2. The Kier molecular flexibility index (Phi) is 4.11. The molecule has 0 saturated heterocycles. The van der Waals surface area contributed by atoms with Gasteiger partial charge in [0.1, 0.15) is 0 Å². The van der Waals surface area contributed by atoms with Crippen molar-refractivity contribution in [3.8, 4) is 0 Å². The molecular formula is C8H17NO2. The maximum atomic E-state index is 11.2. The summed E-state index contributed by atoms with van der Waals surface area (Å²) in [6.07, 6.45) is 0.116. The van der Waals surface area contributed by atoms with E-state index >= 15 is 0 Å². The summed E-state index contributed by atoms with van der Waals surface area (Å²) in [4.78, 5) is 12.7. The number of rotatable bonds is 3. The molecular weight excluding hydrogens is 142 g/mol. The van der Waals surface area contributed by atoms with E-state index in [4.69, 9.17) is 0 Å². The number of amides is 1. The van der Waals surface area contributed by atoms with Crippen LogP contribution in [0, 0.1) is 5.92 Å². The second kappa shape index (κ2) is 4.34. The molecule has 1 amide bonds. The van der Waals surface area contributed by atoms with Crippen LogP contribution in [-0.2, 0) is 4.79 Å². The topological polar surface area (TPSA) is 40.5 Å². The predicted molar refractivity (Wildman–Crippen MR) is 44.2 cm³/mol. The molecule has 1 N–H and O–H groups in total. The molecule has 3 nitrogen and oxygen atoms in total. The van der Waals surface area contributed by atoms with E-state index in [0.717, 1.165) is 0 Å². The molecule has 0 aliphatic heterocycles. The van der Waals surface area contributed by atoms with Crippen molar-refractivity contribution in [1.29, 1.82) is 0 Å². The standard InChI is InChI=1S/C8H17NO2/c1-5-7(10)6(2)8(11)9(3)4/h6-7,10H,5H2,1-4H3/t6-,7+/m0/s1. The Labute approximate surface area is 68.0 Å². The lowest BCUT2D eigenvalue weighted by Crippen LogP contribution is -2.34. The maximum Gasteiger partial charge on any atom is 0.227 e. The van der Waals surface area contributed by atoms with Crippen LogP contribution >= 0.6 is 0 Å². The summed E-state index contributed by atoms with van der Waals surface area (Å²) in [5.41, 5.74) is 0. The third-order valence-electron chi connectivity index (χ3n) is 1.83. The first-order chi connectivity index (χ1) is 5.00. The van der Waals surface area contributed by atoms with Gasteiger partial charge in [-0.1, -0.05) is 13.8 Å². The lowest BCUT2D eigenvalue weighted by Gasteiger charge is -2.20. The average Bonchev–Trinajstić information content (AvgIpc) is 2.00. The predicted octanol–water partition coefficient (Wildman–Crippen LogP) is 0.482. The quantitative estimate of drug-likeness (QED) is 0.650. The molecule has 11 heavy (non-hydrogen) atoms. The normalized spacial score (nSPS) is 15.7. The Morgan fingerprint density at radius 3 is 2.27 bits per heavy atom. The fourth-order valence-electron chi connectivity index (χ4n) is 0.925. The van der Waals surface area contributed by atoms with Crippen molar-refractivity contribution in [3.05, 3.63) is 0 Å². The largest absolute Gasteiger partial charge is 0.392 e. The highest BCUT2D eigenvalue weighted by Gasteiger charge is 2.21. The molecule has 0 aromatic rings. The van der Waals surface area contributed by atoms with Gasteiger partial charge in [-0.2, -0.15) is 0 Å². The fourth-order valence-corrected chi connectivity index (χ4v) is 0.925. The van der Waals surface area contributed by atoms with Crippen LogP contribution in [0.3, 0.4) is 0 Å². The van der Waals surface area contributed by atoms with Gasteiger partial charge in [-0.25, -0.2) is 0 Å². The van der Waals surface area contributed by atoms with E-state index in [1.165, 1.54) is 4.90 Å². The third kappa shape index (κ3) is 2.89. The monoisotopic (exact) mass is 159 g/mol. The van der Waals surface area contributed by atoms with Crippen LogP contribution in [0.1, 0.15) is 20.3 Å². The van der Waals surface area contributed by atoms with Gasteiger partial charge in [0.2, 0.25) is 5.91 Å². The molecule has 0 radical (unpaired) electrons. The van der Waals surface area contributed by atoms with Gasteiger partial charge in [0.15, 0.2) is 0 Å². The molecule has 0 spiro atoms. The van der Waals surface area contributed by atoms with Crippen LogP contribution in [0.4, 0.5) is 0 Å². The minimum absolute atomic E-state index is 0.0145. The molecule has 0 aliphatic carbocycles. The fraction of sp³-hybridized carbons (Fsp3) is 0.875. The van der Waals surface area contributed by atoms with Crippen LogP contribution in [-0.4, -0.2) is 36.1 Å². The molecule has 0 rings (SSSR count). The summed E-state index contributed by atoms with van der Waals surface area (Å²) >= 11 is 0. The summed E-state index contributed by atoms with van der Waals surface area (Å²) in [7, 11) is 3.39. The first-order valence-corrected chi connectivity index (χ1v) is 3.90. The number of carbonyl (C=O) groups excluding carboxylic acids is 1. The van der Waals surface area contributed by atoms with Gasteiger partial charge in [-0.15, -0.1) is 0 Å². The highest BCUT2D eigenvalue weighted by Crippen LogP contribution is 2.08. The van der Waals surface area contributed by atoms with E-state index in [0.29, 0.717) is 6.42 Å². The average molecular weight is 159 g/mol. The Balaban J connectivity index is 4.02. The van der Waals surface area contributed by atoms with Crippen molar-refractivity contribution < 1.29 is 9.90 Å². The number of hydrogen-bond donors (Lipinski definition) is 1. The Morgan fingerprint density at radius 1 is 1.55 bits per heavy atom. The van der Waals surface area contributed by atoms with Crippen LogP contribution in [0.5, 0.6) is 0 Å².